The molecule has 0 saturated heterocycles. The minimum Gasteiger partial charge on any atom is -0.481 e. The Bertz CT molecular complexity index is 867. The van der Waals surface area contributed by atoms with Crippen molar-refractivity contribution in [3.8, 4) is 5.75 Å². The summed E-state index contributed by atoms with van der Waals surface area (Å²) < 4.78 is 32.4. The largest absolute Gasteiger partial charge is 0.481 e. The highest BCUT2D eigenvalue weighted by molar-refractivity contribution is 9.10. The first kappa shape index (κ1) is 20.4. The molecular formula is C18H21BrN2O4S. The SMILES string of the molecule is CC(Oc1ccc(Br)cc1)C(=O)NCc1ccccc1S(=O)(=O)N(C)C. The first-order chi connectivity index (χ1) is 12.2. The molecule has 0 aliphatic rings. The van der Waals surface area contributed by atoms with Crippen molar-refractivity contribution >= 4 is 31.9 Å². The van der Waals surface area contributed by atoms with Crippen molar-refractivity contribution in [1.29, 1.82) is 0 Å². The lowest BCUT2D eigenvalue weighted by Crippen LogP contribution is -2.36. The summed E-state index contributed by atoms with van der Waals surface area (Å²) >= 11 is 3.34. The number of halogens is 1. The Morgan fingerprint density at radius 3 is 2.38 bits per heavy atom. The summed E-state index contributed by atoms with van der Waals surface area (Å²) in [4.78, 5) is 12.5. The highest BCUT2D eigenvalue weighted by atomic mass is 79.9. The lowest BCUT2D eigenvalue weighted by molar-refractivity contribution is -0.127. The number of amides is 1. The number of carbonyl (C=O) groups is 1. The molecule has 0 fully saturated rings. The van der Waals surface area contributed by atoms with Crippen molar-refractivity contribution in [3.63, 3.8) is 0 Å². The van der Waals surface area contributed by atoms with Crippen LogP contribution in [-0.2, 0) is 21.4 Å². The van der Waals surface area contributed by atoms with Gasteiger partial charge in [0.2, 0.25) is 10.0 Å². The van der Waals surface area contributed by atoms with Crippen LogP contribution in [0.15, 0.2) is 57.9 Å². The van der Waals surface area contributed by atoms with E-state index in [1.54, 1.807) is 37.3 Å². The van der Waals surface area contributed by atoms with Crippen LogP contribution in [0, 0.1) is 0 Å². The molecule has 1 amide bonds. The number of benzene rings is 2. The molecule has 26 heavy (non-hydrogen) atoms. The molecule has 1 unspecified atom stereocenters. The van der Waals surface area contributed by atoms with Gasteiger partial charge in [0.25, 0.3) is 5.91 Å². The normalized spacial score (nSPS) is 12.7. The molecule has 0 aliphatic carbocycles. The number of rotatable bonds is 7. The van der Waals surface area contributed by atoms with E-state index >= 15 is 0 Å². The van der Waals surface area contributed by atoms with Gasteiger partial charge in [-0.15, -0.1) is 0 Å². The van der Waals surface area contributed by atoms with Crippen LogP contribution < -0.4 is 10.1 Å². The third kappa shape index (κ3) is 5.06. The van der Waals surface area contributed by atoms with Gasteiger partial charge in [0.05, 0.1) is 4.90 Å². The second-order valence-electron chi connectivity index (χ2n) is 5.83. The molecule has 8 heteroatoms. The fraction of sp³-hybridized carbons (Fsp3) is 0.278. The molecule has 2 aromatic rings. The van der Waals surface area contributed by atoms with Crippen LogP contribution in [0.2, 0.25) is 0 Å². The third-order valence-electron chi connectivity index (χ3n) is 3.68. The summed E-state index contributed by atoms with van der Waals surface area (Å²) in [5, 5.41) is 2.73. The molecule has 140 valence electrons. The maximum absolute atomic E-state index is 12.4. The molecule has 1 atom stereocenters. The van der Waals surface area contributed by atoms with Crippen LogP contribution in [-0.4, -0.2) is 38.8 Å². The Kier molecular flexibility index (Phi) is 6.80. The third-order valence-corrected chi connectivity index (χ3v) is 6.12. The Hall–Kier alpha value is -1.90. The number of sulfonamides is 1. The Morgan fingerprint density at radius 1 is 1.15 bits per heavy atom. The zero-order valence-electron chi connectivity index (χ0n) is 14.8. The second kappa shape index (κ2) is 8.66. The minimum atomic E-state index is -3.58. The Morgan fingerprint density at radius 2 is 1.77 bits per heavy atom. The Balaban J connectivity index is 2.04. The lowest BCUT2D eigenvalue weighted by Gasteiger charge is -2.17. The van der Waals surface area contributed by atoms with Crippen LogP contribution in [0.3, 0.4) is 0 Å². The summed E-state index contributed by atoms with van der Waals surface area (Å²) in [6.45, 7) is 1.73. The van der Waals surface area contributed by atoms with Crippen LogP contribution in [0.4, 0.5) is 0 Å². The molecule has 0 radical (unpaired) electrons. The van der Waals surface area contributed by atoms with E-state index in [0.29, 0.717) is 11.3 Å². The fourth-order valence-corrected chi connectivity index (χ4v) is 3.57. The number of ether oxygens (including phenoxy) is 1. The molecule has 6 nitrogen and oxygen atoms in total. The number of hydrogen-bond acceptors (Lipinski definition) is 4. The molecule has 0 aromatic heterocycles. The second-order valence-corrected chi connectivity index (χ2v) is 8.86. The van der Waals surface area contributed by atoms with Gasteiger partial charge in [0, 0.05) is 25.1 Å². The summed E-state index contributed by atoms with van der Waals surface area (Å²) in [7, 11) is -0.640. The standard InChI is InChI=1S/C18H21BrN2O4S/c1-13(25-16-10-8-15(19)9-11-16)18(22)20-12-14-6-4-5-7-17(14)26(23,24)21(2)3/h4-11,13H,12H2,1-3H3,(H,20,22). The van der Waals surface area contributed by atoms with E-state index in [9.17, 15) is 13.2 Å². The van der Waals surface area contributed by atoms with Crippen molar-refractivity contribution in [2.75, 3.05) is 14.1 Å². The summed E-state index contributed by atoms with van der Waals surface area (Å²) in [5.74, 6) is 0.247. The van der Waals surface area contributed by atoms with Crippen molar-refractivity contribution < 1.29 is 17.9 Å². The van der Waals surface area contributed by atoms with Gasteiger partial charge in [-0.25, -0.2) is 12.7 Å². The van der Waals surface area contributed by atoms with Gasteiger partial charge in [-0.3, -0.25) is 4.79 Å². The van der Waals surface area contributed by atoms with Crippen molar-refractivity contribution in [2.24, 2.45) is 0 Å². The zero-order valence-corrected chi connectivity index (χ0v) is 17.2. The molecule has 0 heterocycles. The van der Waals surface area contributed by atoms with Crippen molar-refractivity contribution in [3.05, 3.63) is 58.6 Å². The van der Waals surface area contributed by atoms with Crippen molar-refractivity contribution in [2.45, 2.75) is 24.5 Å². The van der Waals surface area contributed by atoms with Gasteiger partial charge in [-0.05, 0) is 42.8 Å². The maximum atomic E-state index is 12.4. The smallest absolute Gasteiger partial charge is 0.261 e. The molecule has 0 aliphatic heterocycles. The quantitative estimate of drug-likeness (QED) is 0.717. The van der Waals surface area contributed by atoms with E-state index in [1.165, 1.54) is 20.2 Å². The van der Waals surface area contributed by atoms with E-state index in [1.807, 2.05) is 12.1 Å². The van der Waals surface area contributed by atoms with E-state index in [0.717, 1.165) is 8.78 Å². The van der Waals surface area contributed by atoms with Gasteiger partial charge >= 0.3 is 0 Å². The average molecular weight is 441 g/mol. The molecule has 0 bridgehead atoms. The van der Waals surface area contributed by atoms with Gasteiger partial charge in [-0.1, -0.05) is 34.1 Å². The maximum Gasteiger partial charge on any atom is 0.261 e. The highest BCUT2D eigenvalue weighted by Gasteiger charge is 2.21. The predicted octanol–water partition coefficient (Wildman–Crippen LogP) is 2.78. The van der Waals surface area contributed by atoms with Crippen molar-refractivity contribution in [1.82, 2.24) is 9.62 Å². The monoisotopic (exact) mass is 440 g/mol. The number of nitrogens with one attached hydrogen (secondary N) is 1. The molecule has 0 saturated carbocycles. The summed E-state index contributed by atoms with van der Waals surface area (Å²) in [5.41, 5.74) is 0.519. The average Bonchev–Trinajstić information content (AvgIpc) is 2.61. The van der Waals surface area contributed by atoms with Crippen LogP contribution in [0.25, 0.3) is 0 Å². The first-order valence-electron chi connectivity index (χ1n) is 7.92. The van der Waals surface area contributed by atoms with Gasteiger partial charge in [-0.2, -0.15) is 0 Å². The van der Waals surface area contributed by atoms with Gasteiger partial charge in [0.1, 0.15) is 5.75 Å². The molecule has 0 spiro atoms. The number of nitrogens with zero attached hydrogens (tertiary/aromatic N) is 1. The number of carbonyl (C=O) groups excluding carboxylic acids is 1. The van der Waals surface area contributed by atoms with Gasteiger partial charge < -0.3 is 10.1 Å². The topological polar surface area (TPSA) is 75.7 Å². The first-order valence-corrected chi connectivity index (χ1v) is 10.2. The van der Waals surface area contributed by atoms with Crippen LogP contribution >= 0.6 is 15.9 Å². The van der Waals surface area contributed by atoms with Crippen LogP contribution in [0.1, 0.15) is 12.5 Å². The van der Waals surface area contributed by atoms with Gasteiger partial charge in [0.15, 0.2) is 6.10 Å². The molecule has 2 aromatic carbocycles. The molecule has 1 N–H and O–H groups in total. The summed E-state index contributed by atoms with van der Waals surface area (Å²) in [6, 6.07) is 13.7. The zero-order chi connectivity index (χ0) is 19.3. The highest BCUT2D eigenvalue weighted by Crippen LogP contribution is 2.19. The minimum absolute atomic E-state index is 0.0934. The lowest BCUT2D eigenvalue weighted by atomic mass is 10.2. The molecule has 2 rings (SSSR count). The number of hydrogen-bond donors (Lipinski definition) is 1. The van der Waals surface area contributed by atoms with Crippen LogP contribution in [0.5, 0.6) is 5.75 Å². The van der Waals surface area contributed by atoms with E-state index in [-0.39, 0.29) is 17.3 Å². The van der Waals surface area contributed by atoms with E-state index in [4.69, 9.17) is 4.74 Å². The van der Waals surface area contributed by atoms with E-state index in [2.05, 4.69) is 21.2 Å². The molecular weight excluding hydrogens is 420 g/mol. The fourth-order valence-electron chi connectivity index (χ4n) is 2.20. The Labute approximate surface area is 162 Å². The van der Waals surface area contributed by atoms with E-state index < -0.39 is 16.1 Å². The predicted molar refractivity (Wildman–Crippen MR) is 103 cm³/mol. The summed E-state index contributed by atoms with van der Waals surface area (Å²) in [6.07, 6.45) is -0.714.